The van der Waals surface area contributed by atoms with E-state index in [1.165, 1.54) is 93.2 Å². The molecule has 0 aromatic heterocycles. The van der Waals surface area contributed by atoms with Crippen LogP contribution in [0.25, 0.3) is 0 Å². The molecule has 1 saturated heterocycles. The molecule has 1 N–H and O–H groups in total. The van der Waals surface area contributed by atoms with E-state index in [1.807, 2.05) is 0 Å². The molecule has 5 heteroatoms. The quantitative estimate of drug-likeness (QED) is 0.159. The minimum absolute atomic E-state index is 0.338. The Bertz CT molecular complexity index is 1170. The maximum atomic E-state index is 6.28. The number of rotatable bonds is 11. The monoisotopic (exact) mass is 599 g/mol. The van der Waals surface area contributed by atoms with Gasteiger partial charge in [-0.25, -0.2) is 0 Å². The van der Waals surface area contributed by atoms with Gasteiger partial charge in [-0.15, -0.1) is 0 Å². The van der Waals surface area contributed by atoms with Gasteiger partial charge < -0.3 is 9.74 Å². The molecule has 2 aliphatic carbocycles. The lowest BCUT2D eigenvalue weighted by Crippen LogP contribution is -2.50. The highest BCUT2D eigenvalue weighted by atomic mass is 28.4. The number of hydrogen-bond donors (Lipinski definition) is 1. The van der Waals surface area contributed by atoms with Crippen LogP contribution in [0.15, 0.2) is 70.6 Å². The lowest BCUT2D eigenvalue weighted by molar-refractivity contribution is 0.305. The number of aliphatic imine (C=N–C) groups is 2. The van der Waals surface area contributed by atoms with Gasteiger partial charge in [-0.3, -0.25) is 9.98 Å². The summed E-state index contributed by atoms with van der Waals surface area (Å²) in [6.45, 7) is 10.0. The fraction of sp³-hybridized carbons (Fsp3) is 0.632. The smallest absolute Gasteiger partial charge is 0.183 e. The first-order valence-corrected chi connectivity index (χ1v) is 20.9. The van der Waals surface area contributed by atoms with Gasteiger partial charge in [0.2, 0.25) is 0 Å². The van der Waals surface area contributed by atoms with Crippen molar-refractivity contribution in [3.8, 4) is 0 Å². The predicted octanol–water partition coefficient (Wildman–Crippen LogP) is 9.48. The van der Waals surface area contributed by atoms with Crippen molar-refractivity contribution in [3.05, 3.63) is 71.8 Å². The number of piperidine rings is 1. The molecule has 2 saturated carbocycles. The Morgan fingerprint density at radius 3 is 1.81 bits per heavy atom. The third kappa shape index (κ3) is 9.45. The van der Waals surface area contributed by atoms with Gasteiger partial charge in [0.25, 0.3) is 0 Å². The zero-order valence-electron chi connectivity index (χ0n) is 27.4. The molecule has 6 unspecified atom stereocenters. The Morgan fingerprint density at radius 2 is 1.23 bits per heavy atom. The Balaban J connectivity index is 1.33. The third-order valence-corrected chi connectivity index (χ3v) is 11.1. The van der Waals surface area contributed by atoms with Crippen LogP contribution in [0, 0.1) is 0 Å². The lowest BCUT2D eigenvalue weighted by Gasteiger charge is -2.36. The van der Waals surface area contributed by atoms with E-state index in [2.05, 4.69) is 92.5 Å². The summed E-state index contributed by atoms with van der Waals surface area (Å²) in [5.41, 5.74) is 5.63. The Morgan fingerprint density at radius 1 is 0.698 bits per heavy atom. The summed E-state index contributed by atoms with van der Waals surface area (Å²) in [6, 6.07) is 23.8. The molecule has 0 radical (unpaired) electrons. The summed E-state index contributed by atoms with van der Waals surface area (Å²) in [6.07, 6.45) is 15.8. The average Bonchev–Trinajstić information content (AvgIpc) is 3.03. The first-order chi connectivity index (χ1) is 20.9. The van der Waals surface area contributed by atoms with Crippen molar-refractivity contribution in [1.29, 1.82) is 0 Å². The molecule has 234 valence electrons. The fourth-order valence-electron chi connectivity index (χ4n) is 7.76. The van der Waals surface area contributed by atoms with E-state index >= 15 is 0 Å². The van der Waals surface area contributed by atoms with Crippen molar-refractivity contribution in [2.45, 2.75) is 146 Å². The number of nitrogens with zero attached hydrogens (tertiary/aromatic N) is 2. The number of nitrogens with one attached hydrogen (secondary N) is 1. The van der Waals surface area contributed by atoms with Gasteiger partial charge in [0, 0.05) is 41.9 Å². The highest BCUT2D eigenvalue weighted by molar-refractivity contribution is 6.69. The fourth-order valence-corrected chi connectivity index (χ4v) is 8.52. The molecular weight excluding hydrogens is 543 g/mol. The van der Waals surface area contributed by atoms with Gasteiger partial charge in [-0.05, 0) is 95.5 Å². The van der Waals surface area contributed by atoms with Crippen LogP contribution in [0.3, 0.4) is 0 Å². The Kier molecular flexibility index (Phi) is 11.9. The second-order valence-electron chi connectivity index (χ2n) is 14.4. The van der Waals surface area contributed by atoms with Crippen molar-refractivity contribution in [2.24, 2.45) is 9.98 Å². The molecular formula is C38H57N3OSi. The van der Waals surface area contributed by atoms with Gasteiger partial charge in [0.1, 0.15) is 0 Å². The van der Waals surface area contributed by atoms with Gasteiger partial charge >= 0.3 is 0 Å². The van der Waals surface area contributed by atoms with Crippen molar-refractivity contribution in [3.63, 3.8) is 0 Å². The number of benzene rings is 2. The van der Waals surface area contributed by atoms with Crippen LogP contribution in [0.4, 0.5) is 0 Å². The molecule has 0 bridgehead atoms. The first-order valence-electron chi connectivity index (χ1n) is 17.5. The van der Waals surface area contributed by atoms with Crippen LogP contribution >= 0.6 is 0 Å². The van der Waals surface area contributed by atoms with Crippen LogP contribution in [-0.4, -0.2) is 50.5 Å². The van der Waals surface area contributed by atoms with E-state index in [9.17, 15) is 0 Å². The summed E-state index contributed by atoms with van der Waals surface area (Å²) in [4.78, 5) is 11.2. The van der Waals surface area contributed by atoms with Crippen LogP contribution in [0.5, 0.6) is 0 Å². The van der Waals surface area contributed by atoms with Crippen LogP contribution < -0.4 is 5.32 Å². The van der Waals surface area contributed by atoms with Crippen molar-refractivity contribution in [2.75, 3.05) is 6.61 Å². The van der Waals surface area contributed by atoms with Crippen molar-refractivity contribution in [1.82, 2.24) is 5.32 Å². The average molecular weight is 600 g/mol. The molecule has 2 aromatic carbocycles. The zero-order valence-corrected chi connectivity index (χ0v) is 28.4. The van der Waals surface area contributed by atoms with E-state index in [4.69, 9.17) is 14.4 Å². The largest absolute Gasteiger partial charge is 0.418 e. The molecule has 3 aliphatic rings. The second-order valence-corrected chi connectivity index (χ2v) is 18.9. The Hall–Kier alpha value is -2.08. The van der Waals surface area contributed by atoms with E-state index in [-0.39, 0.29) is 0 Å². The maximum absolute atomic E-state index is 6.28. The molecule has 4 nitrogen and oxygen atoms in total. The van der Waals surface area contributed by atoms with E-state index in [0.717, 1.165) is 19.4 Å². The second kappa shape index (κ2) is 15.8. The summed E-state index contributed by atoms with van der Waals surface area (Å²) >= 11 is 0. The summed E-state index contributed by atoms with van der Waals surface area (Å²) in [5, 5.41) is 4.11. The molecule has 3 fully saturated rings. The normalized spacial score (nSPS) is 29.4. The minimum Gasteiger partial charge on any atom is -0.418 e. The Labute approximate surface area is 263 Å². The molecule has 43 heavy (non-hydrogen) atoms. The molecule has 6 atom stereocenters. The summed E-state index contributed by atoms with van der Waals surface area (Å²) in [7, 11) is -1.52. The van der Waals surface area contributed by atoms with Crippen LogP contribution in [0.2, 0.25) is 19.6 Å². The van der Waals surface area contributed by atoms with Crippen molar-refractivity contribution >= 4 is 19.7 Å². The topological polar surface area (TPSA) is 46.0 Å². The highest BCUT2D eigenvalue weighted by Gasteiger charge is 2.32. The van der Waals surface area contributed by atoms with Gasteiger partial charge in [-0.1, -0.05) is 86.3 Å². The number of hydrogen-bond acceptors (Lipinski definition) is 4. The SMILES string of the molecule is CC(=NC1CCCCC1c1ccccc1)C1CCCC(C(CCCO[Si](C)(C)C)=NC2CCCCC2c2ccccc2)N1. The van der Waals surface area contributed by atoms with E-state index in [1.54, 1.807) is 0 Å². The summed E-state index contributed by atoms with van der Waals surface area (Å²) in [5.74, 6) is 1.08. The molecule has 1 aliphatic heterocycles. The van der Waals surface area contributed by atoms with Crippen molar-refractivity contribution < 1.29 is 4.43 Å². The molecule has 0 spiro atoms. The molecule has 0 amide bonds. The maximum Gasteiger partial charge on any atom is 0.183 e. The predicted molar refractivity (Wildman–Crippen MR) is 187 cm³/mol. The van der Waals surface area contributed by atoms with Crippen LogP contribution in [-0.2, 0) is 4.43 Å². The first kappa shape index (κ1) is 32.3. The molecule has 5 rings (SSSR count). The highest BCUT2D eigenvalue weighted by Crippen LogP contribution is 2.37. The van der Waals surface area contributed by atoms with Gasteiger partial charge in [0.05, 0.1) is 12.1 Å². The zero-order chi connectivity index (χ0) is 30.1. The van der Waals surface area contributed by atoms with E-state index in [0.29, 0.717) is 36.0 Å². The van der Waals surface area contributed by atoms with Crippen LogP contribution in [0.1, 0.15) is 113 Å². The molecule has 1 heterocycles. The third-order valence-electron chi connectivity index (χ3n) is 10.0. The van der Waals surface area contributed by atoms with E-state index < -0.39 is 8.32 Å². The van der Waals surface area contributed by atoms with Gasteiger partial charge in [0.15, 0.2) is 8.32 Å². The summed E-state index contributed by atoms with van der Waals surface area (Å²) < 4.78 is 6.28. The molecule has 2 aromatic rings. The minimum atomic E-state index is -1.52. The van der Waals surface area contributed by atoms with Gasteiger partial charge in [-0.2, -0.15) is 0 Å². The standard InChI is InChI=1S/C38H57N3OSi/c1-29(39-35-23-13-11-21-32(35)30-17-7-5-8-18-30)34-25-15-26-37(40-34)38(27-16-28-42-43(2,3)4)41-36-24-14-12-22-33(36)31-19-9-6-10-20-31/h5-10,17-20,32-37,40H,11-16,21-28H2,1-4H3. The lowest BCUT2D eigenvalue weighted by atomic mass is 9.80.